The van der Waals surface area contributed by atoms with Crippen molar-refractivity contribution in [3.63, 3.8) is 0 Å². The lowest BCUT2D eigenvalue weighted by Crippen LogP contribution is -2.33. The Bertz CT molecular complexity index is 952. The monoisotopic (exact) mass is 387 g/mol. The Hall–Kier alpha value is -2.34. The Morgan fingerprint density at radius 2 is 1.96 bits per heavy atom. The third-order valence-corrected chi connectivity index (χ3v) is 6.33. The Morgan fingerprint density at radius 3 is 2.67 bits per heavy atom. The van der Waals surface area contributed by atoms with Crippen molar-refractivity contribution in [2.24, 2.45) is 0 Å². The summed E-state index contributed by atoms with van der Waals surface area (Å²) in [5, 5.41) is 0. The molecule has 2 aromatic carbocycles. The van der Waals surface area contributed by atoms with Gasteiger partial charge in [-0.3, -0.25) is 4.79 Å². The van der Waals surface area contributed by atoms with Crippen LogP contribution in [-0.4, -0.2) is 20.9 Å². The number of aryl methyl sites for hydroxylation is 1. The van der Waals surface area contributed by atoms with E-state index in [1.54, 1.807) is 29.2 Å². The molecule has 1 aliphatic heterocycles. The standard InChI is InChI=1S/C21H25NO4S/c1-4-15(2)19-9-5-6-10-21(19)26-27(24,25)18-11-12-20-17(14-18)8-7-13-22(20)16(3)23/h5-6,9-12,14-15H,4,7-8,13H2,1-3H3/t15-/m1/s1. The van der Waals surface area contributed by atoms with Gasteiger partial charge in [-0.1, -0.05) is 32.0 Å². The molecule has 5 nitrogen and oxygen atoms in total. The SMILES string of the molecule is CC[C@@H](C)c1ccccc1OS(=O)(=O)c1ccc2c(c1)CCCN2C(C)=O. The van der Waals surface area contributed by atoms with Crippen LogP contribution in [0, 0.1) is 0 Å². The number of carbonyl (C=O) groups is 1. The topological polar surface area (TPSA) is 63.7 Å². The summed E-state index contributed by atoms with van der Waals surface area (Å²) in [6.45, 7) is 6.28. The van der Waals surface area contributed by atoms with Crippen molar-refractivity contribution >= 4 is 21.7 Å². The molecule has 1 atom stereocenters. The van der Waals surface area contributed by atoms with Crippen molar-refractivity contribution in [1.29, 1.82) is 0 Å². The van der Waals surface area contributed by atoms with E-state index >= 15 is 0 Å². The molecule has 1 aliphatic rings. The van der Waals surface area contributed by atoms with Gasteiger partial charge >= 0.3 is 10.1 Å². The number of nitrogens with zero attached hydrogens (tertiary/aromatic N) is 1. The van der Waals surface area contributed by atoms with Crippen LogP contribution >= 0.6 is 0 Å². The molecule has 144 valence electrons. The molecule has 27 heavy (non-hydrogen) atoms. The predicted octanol–water partition coefficient (Wildman–Crippen LogP) is 4.27. The maximum Gasteiger partial charge on any atom is 0.339 e. The van der Waals surface area contributed by atoms with Crippen LogP contribution in [0.25, 0.3) is 0 Å². The zero-order valence-corrected chi connectivity index (χ0v) is 16.8. The molecular formula is C21H25NO4S. The van der Waals surface area contributed by atoms with Gasteiger partial charge in [-0.2, -0.15) is 8.42 Å². The second-order valence-corrected chi connectivity index (χ2v) is 8.50. The molecule has 0 aromatic heterocycles. The molecule has 0 radical (unpaired) electrons. The molecule has 6 heteroatoms. The maximum absolute atomic E-state index is 12.9. The fourth-order valence-corrected chi connectivity index (χ4v) is 4.41. The van der Waals surface area contributed by atoms with Crippen LogP contribution < -0.4 is 9.08 Å². The lowest BCUT2D eigenvalue weighted by atomic mass is 9.98. The van der Waals surface area contributed by atoms with E-state index in [0.29, 0.717) is 12.3 Å². The first-order valence-corrected chi connectivity index (χ1v) is 10.7. The number of hydrogen-bond donors (Lipinski definition) is 0. The highest BCUT2D eigenvalue weighted by atomic mass is 32.2. The summed E-state index contributed by atoms with van der Waals surface area (Å²) < 4.78 is 31.2. The highest BCUT2D eigenvalue weighted by Gasteiger charge is 2.25. The van der Waals surface area contributed by atoms with Crippen molar-refractivity contribution < 1.29 is 17.4 Å². The minimum absolute atomic E-state index is 0.0368. The van der Waals surface area contributed by atoms with Crippen LogP contribution in [-0.2, 0) is 21.3 Å². The second kappa shape index (κ2) is 7.72. The fourth-order valence-electron chi connectivity index (χ4n) is 3.41. The van der Waals surface area contributed by atoms with Crippen LogP contribution in [0.2, 0.25) is 0 Å². The molecule has 2 aromatic rings. The van der Waals surface area contributed by atoms with E-state index in [9.17, 15) is 13.2 Å². The Morgan fingerprint density at radius 1 is 1.22 bits per heavy atom. The molecule has 0 saturated heterocycles. The van der Waals surface area contributed by atoms with Gasteiger partial charge in [0.2, 0.25) is 5.91 Å². The van der Waals surface area contributed by atoms with E-state index in [-0.39, 0.29) is 16.7 Å². The number of rotatable bonds is 5. The quantitative estimate of drug-likeness (QED) is 0.719. The minimum Gasteiger partial charge on any atom is -0.379 e. The smallest absolute Gasteiger partial charge is 0.339 e. The summed E-state index contributed by atoms with van der Waals surface area (Å²) in [4.78, 5) is 13.6. The van der Waals surface area contributed by atoms with Crippen molar-refractivity contribution in [2.75, 3.05) is 11.4 Å². The van der Waals surface area contributed by atoms with E-state index in [1.165, 1.54) is 13.0 Å². The zero-order valence-electron chi connectivity index (χ0n) is 15.9. The number of amides is 1. The summed E-state index contributed by atoms with van der Waals surface area (Å²) >= 11 is 0. The first-order chi connectivity index (χ1) is 12.8. The van der Waals surface area contributed by atoms with Gasteiger partial charge in [0.1, 0.15) is 10.6 Å². The number of para-hydroxylation sites is 1. The Kier molecular flexibility index (Phi) is 5.56. The molecule has 1 amide bonds. The molecule has 0 aliphatic carbocycles. The van der Waals surface area contributed by atoms with E-state index in [4.69, 9.17) is 4.18 Å². The van der Waals surface area contributed by atoms with Gasteiger partial charge in [-0.25, -0.2) is 0 Å². The Labute approximate surface area is 161 Å². The largest absolute Gasteiger partial charge is 0.379 e. The van der Waals surface area contributed by atoms with Crippen molar-refractivity contribution in [3.8, 4) is 5.75 Å². The van der Waals surface area contributed by atoms with E-state index in [0.717, 1.165) is 36.1 Å². The van der Waals surface area contributed by atoms with E-state index in [1.807, 2.05) is 19.1 Å². The fraction of sp³-hybridized carbons (Fsp3) is 0.381. The average Bonchev–Trinajstić information content (AvgIpc) is 2.66. The first kappa shape index (κ1) is 19.4. The van der Waals surface area contributed by atoms with Crippen LogP contribution in [0.5, 0.6) is 5.75 Å². The molecule has 0 saturated carbocycles. The maximum atomic E-state index is 12.9. The number of fused-ring (bicyclic) bond motifs is 1. The summed E-state index contributed by atoms with van der Waals surface area (Å²) in [5.41, 5.74) is 2.52. The molecule has 0 N–H and O–H groups in total. The minimum atomic E-state index is -3.95. The van der Waals surface area contributed by atoms with Gasteiger partial charge < -0.3 is 9.08 Å². The summed E-state index contributed by atoms with van der Waals surface area (Å²) in [6.07, 6.45) is 2.44. The molecule has 0 unspecified atom stereocenters. The van der Waals surface area contributed by atoms with E-state index < -0.39 is 10.1 Å². The van der Waals surface area contributed by atoms with E-state index in [2.05, 4.69) is 6.92 Å². The van der Waals surface area contributed by atoms with Crippen molar-refractivity contribution in [1.82, 2.24) is 0 Å². The summed E-state index contributed by atoms with van der Waals surface area (Å²) in [7, 11) is -3.95. The molecular weight excluding hydrogens is 362 g/mol. The average molecular weight is 388 g/mol. The molecule has 3 rings (SSSR count). The lowest BCUT2D eigenvalue weighted by Gasteiger charge is -2.28. The van der Waals surface area contributed by atoms with Crippen LogP contribution in [0.1, 0.15) is 50.7 Å². The van der Waals surface area contributed by atoms with Gasteiger partial charge in [-0.05, 0) is 60.6 Å². The third kappa shape index (κ3) is 4.00. The number of anilines is 1. The van der Waals surface area contributed by atoms with Gasteiger partial charge in [0, 0.05) is 19.2 Å². The van der Waals surface area contributed by atoms with Gasteiger partial charge in [0.25, 0.3) is 0 Å². The van der Waals surface area contributed by atoms with Gasteiger partial charge in [0.05, 0.1) is 0 Å². The highest BCUT2D eigenvalue weighted by molar-refractivity contribution is 7.87. The second-order valence-electron chi connectivity index (χ2n) is 6.95. The highest BCUT2D eigenvalue weighted by Crippen LogP contribution is 2.33. The third-order valence-electron chi connectivity index (χ3n) is 5.10. The van der Waals surface area contributed by atoms with Gasteiger partial charge in [-0.15, -0.1) is 0 Å². The summed E-state index contributed by atoms with van der Waals surface area (Å²) in [6, 6.07) is 12.1. The number of carbonyl (C=O) groups excluding carboxylic acids is 1. The molecule has 0 fully saturated rings. The van der Waals surface area contributed by atoms with Crippen molar-refractivity contribution in [2.45, 2.75) is 50.8 Å². The predicted molar refractivity (Wildman–Crippen MR) is 106 cm³/mol. The normalized spacial score (nSPS) is 15.1. The van der Waals surface area contributed by atoms with Crippen LogP contribution in [0.3, 0.4) is 0 Å². The summed E-state index contributed by atoms with van der Waals surface area (Å²) in [5.74, 6) is 0.532. The van der Waals surface area contributed by atoms with Crippen LogP contribution in [0.4, 0.5) is 5.69 Å². The Balaban J connectivity index is 1.94. The lowest BCUT2D eigenvalue weighted by molar-refractivity contribution is -0.116. The molecule has 0 spiro atoms. The van der Waals surface area contributed by atoms with Crippen molar-refractivity contribution in [3.05, 3.63) is 53.6 Å². The zero-order chi connectivity index (χ0) is 19.6. The number of hydrogen-bond acceptors (Lipinski definition) is 4. The first-order valence-electron chi connectivity index (χ1n) is 9.28. The van der Waals surface area contributed by atoms with Gasteiger partial charge in [0.15, 0.2) is 0 Å². The number of benzene rings is 2. The molecule has 1 heterocycles. The van der Waals surface area contributed by atoms with Crippen LogP contribution in [0.15, 0.2) is 47.4 Å². The molecule has 0 bridgehead atoms.